The van der Waals surface area contributed by atoms with Crippen molar-refractivity contribution in [2.24, 2.45) is 5.92 Å². The molecule has 1 aromatic heterocycles. The molecule has 0 bridgehead atoms. The van der Waals surface area contributed by atoms with Crippen molar-refractivity contribution in [3.63, 3.8) is 0 Å². The lowest BCUT2D eigenvalue weighted by Crippen LogP contribution is -2.26. The lowest BCUT2D eigenvalue weighted by molar-refractivity contribution is 0.272. The normalized spacial score (nSPS) is 17.0. The molecule has 0 saturated heterocycles. The first kappa shape index (κ1) is 9.00. The summed E-state index contributed by atoms with van der Waals surface area (Å²) in [6.07, 6.45) is 3.87. The third-order valence-electron chi connectivity index (χ3n) is 2.66. The average Bonchev–Trinajstić information content (AvgIpc) is 2.00. The number of aromatic nitrogens is 1. The van der Waals surface area contributed by atoms with Crippen LogP contribution in [0.4, 0.5) is 0 Å². The lowest BCUT2D eigenvalue weighted by atomic mass is 9.85. The Kier molecular flexibility index (Phi) is 2.54. The van der Waals surface area contributed by atoms with Crippen molar-refractivity contribution in [3.8, 4) is 0 Å². The minimum absolute atomic E-state index is 0.0984. The van der Waals surface area contributed by atoms with Crippen molar-refractivity contribution < 1.29 is 0 Å². The number of hydrogen-bond donors (Lipinski definition) is 0. The second-order valence-corrected chi connectivity index (χ2v) is 4.41. The van der Waals surface area contributed by atoms with E-state index < -0.39 is 0 Å². The van der Waals surface area contributed by atoms with Crippen molar-refractivity contribution >= 4 is 15.9 Å². The highest BCUT2D eigenvalue weighted by atomic mass is 79.9. The van der Waals surface area contributed by atoms with E-state index in [4.69, 9.17) is 0 Å². The quantitative estimate of drug-likeness (QED) is 0.730. The van der Waals surface area contributed by atoms with Gasteiger partial charge in [-0.25, -0.2) is 0 Å². The molecule has 2 rings (SSSR count). The van der Waals surface area contributed by atoms with Gasteiger partial charge in [-0.15, -0.1) is 0 Å². The molecule has 1 aromatic rings. The summed E-state index contributed by atoms with van der Waals surface area (Å²) in [5.41, 5.74) is 0.0984. The Balaban J connectivity index is 2.22. The van der Waals surface area contributed by atoms with Gasteiger partial charge in [-0.2, -0.15) is 0 Å². The van der Waals surface area contributed by atoms with Crippen LogP contribution in [0, 0.1) is 5.92 Å². The topological polar surface area (TPSA) is 22.0 Å². The summed E-state index contributed by atoms with van der Waals surface area (Å²) in [5, 5.41) is 0. The Labute approximate surface area is 85.7 Å². The highest BCUT2D eigenvalue weighted by Gasteiger charge is 2.18. The zero-order valence-corrected chi connectivity index (χ0v) is 8.96. The third-order valence-corrected chi connectivity index (χ3v) is 3.35. The first-order valence-corrected chi connectivity index (χ1v) is 5.42. The highest BCUT2D eigenvalue weighted by molar-refractivity contribution is 9.10. The van der Waals surface area contributed by atoms with Crippen molar-refractivity contribution in [2.45, 2.75) is 25.8 Å². The number of pyridine rings is 1. The van der Waals surface area contributed by atoms with Gasteiger partial charge in [0.05, 0.1) is 4.60 Å². The fourth-order valence-corrected chi connectivity index (χ4v) is 2.08. The zero-order chi connectivity index (χ0) is 9.26. The number of rotatable bonds is 2. The van der Waals surface area contributed by atoms with E-state index in [-0.39, 0.29) is 5.56 Å². The molecule has 2 nitrogen and oxygen atoms in total. The molecule has 3 heteroatoms. The van der Waals surface area contributed by atoms with Crippen LogP contribution in [-0.4, -0.2) is 4.57 Å². The van der Waals surface area contributed by atoms with E-state index in [2.05, 4.69) is 15.9 Å². The van der Waals surface area contributed by atoms with Crippen LogP contribution < -0.4 is 5.56 Å². The van der Waals surface area contributed by atoms with Gasteiger partial charge in [0, 0.05) is 12.6 Å². The van der Waals surface area contributed by atoms with E-state index in [0.717, 1.165) is 17.1 Å². The molecule has 13 heavy (non-hydrogen) atoms. The molecule has 1 heterocycles. The number of halogens is 1. The summed E-state index contributed by atoms with van der Waals surface area (Å²) in [4.78, 5) is 11.4. The Bertz CT molecular complexity index is 354. The largest absolute Gasteiger partial charge is 0.302 e. The summed E-state index contributed by atoms with van der Waals surface area (Å²) >= 11 is 3.39. The molecule has 0 atom stereocenters. The minimum Gasteiger partial charge on any atom is -0.302 e. The molecule has 0 aromatic carbocycles. The smallest absolute Gasteiger partial charge is 0.251 e. The van der Waals surface area contributed by atoms with Gasteiger partial charge < -0.3 is 4.57 Å². The third kappa shape index (κ3) is 1.85. The van der Waals surface area contributed by atoms with Crippen molar-refractivity contribution in [1.82, 2.24) is 4.57 Å². The van der Waals surface area contributed by atoms with Gasteiger partial charge in [0.25, 0.3) is 5.56 Å². The summed E-state index contributed by atoms with van der Waals surface area (Å²) in [7, 11) is 0. The molecular formula is C10H12BrNO. The second kappa shape index (κ2) is 3.66. The molecule has 1 saturated carbocycles. The summed E-state index contributed by atoms with van der Waals surface area (Å²) < 4.78 is 2.70. The van der Waals surface area contributed by atoms with Crippen LogP contribution in [0.1, 0.15) is 19.3 Å². The van der Waals surface area contributed by atoms with Gasteiger partial charge in [-0.3, -0.25) is 4.79 Å². The summed E-state index contributed by atoms with van der Waals surface area (Å²) in [6.45, 7) is 0.875. The predicted molar refractivity (Wildman–Crippen MR) is 55.7 cm³/mol. The van der Waals surface area contributed by atoms with Crippen LogP contribution in [0.2, 0.25) is 0 Å². The molecular weight excluding hydrogens is 230 g/mol. The molecule has 0 unspecified atom stereocenters. The fourth-order valence-electron chi connectivity index (χ4n) is 1.61. The van der Waals surface area contributed by atoms with Gasteiger partial charge in [0.2, 0.25) is 0 Å². The highest BCUT2D eigenvalue weighted by Crippen LogP contribution is 2.28. The fraction of sp³-hybridized carbons (Fsp3) is 0.500. The Morgan fingerprint density at radius 3 is 2.77 bits per heavy atom. The Morgan fingerprint density at radius 1 is 1.46 bits per heavy atom. The molecule has 0 aliphatic heterocycles. The first-order chi connectivity index (χ1) is 6.27. The van der Waals surface area contributed by atoms with Crippen LogP contribution in [0.15, 0.2) is 27.6 Å². The number of hydrogen-bond acceptors (Lipinski definition) is 1. The van der Waals surface area contributed by atoms with Crippen molar-refractivity contribution in [3.05, 3.63) is 33.2 Å². The molecule has 1 aliphatic carbocycles. The van der Waals surface area contributed by atoms with Gasteiger partial charge >= 0.3 is 0 Å². The van der Waals surface area contributed by atoms with Gasteiger partial charge in [0.15, 0.2) is 0 Å². The van der Waals surface area contributed by atoms with Crippen LogP contribution in [0.3, 0.4) is 0 Å². The van der Waals surface area contributed by atoms with Crippen LogP contribution >= 0.6 is 15.9 Å². The van der Waals surface area contributed by atoms with Gasteiger partial charge in [-0.05, 0) is 40.8 Å². The maximum Gasteiger partial charge on any atom is 0.251 e. The Hall–Kier alpha value is -0.570. The molecule has 0 radical (unpaired) electrons. The van der Waals surface area contributed by atoms with E-state index in [9.17, 15) is 4.79 Å². The monoisotopic (exact) mass is 241 g/mol. The van der Waals surface area contributed by atoms with E-state index in [1.807, 2.05) is 10.6 Å². The van der Waals surface area contributed by atoms with E-state index in [1.165, 1.54) is 19.3 Å². The molecule has 0 spiro atoms. The SMILES string of the molecule is O=c1cccc(Br)n1CC1CCC1. The van der Waals surface area contributed by atoms with Gasteiger partial charge in [-0.1, -0.05) is 12.5 Å². The minimum atomic E-state index is 0.0984. The second-order valence-electron chi connectivity index (χ2n) is 3.59. The molecule has 0 amide bonds. The van der Waals surface area contributed by atoms with E-state index in [0.29, 0.717) is 0 Å². The first-order valence-electron chi connectivity index (χ1n) is 4.63. The van der Waals surface area contributed by atoms with Crippen LogP contribution in [0.25, 0.3) is 0 Å². The maximum atomic E-state index is 11.4. The Morgan fingerprint density at radius 2 is 2.23 bits per heavy atom. The average molecular weight is 242 g/mol. The summed E-state index contributed by atoms with van der Waals surface area (Å²) in [6, 6.07) is 5.31. The molecule has 0 N–H and O–H groups in total. The number of nitrogens with zero attached hydrogens (tertiary/aromatic N) is 1. The maximum absolute atomic E-state index is 11.4. The standard InChI is InChI=1S/C10H12BrNO/c11-9-5-2-6-10(13)12(9)7-8-3-1-4-8/h2,5-6,8H,1,3-4,7H2. The molecule has 70 valence electrons. The van der Waals surface area contributed by atoms with E-state index >= 15 is 0 Å². The van der Waals surface area contributed by atoms with Crippen LogP contribution in [0.5, 0.6) is 0 Å². The summed E-state index contributed by atoms with van der Waals surface area (Å²) in [5.74, 6) is 0.719. The lowest BCUT2D eigenvalue weighted by Gasteiger charge is -2.26. The van der Waals surface area contributed by atoms with Crippen LogP contribution in [-0.2, 0) is 6.54 Å². The van der Waals surface area contributed by atoms with E-state index in [1.54, 1.807) is 12.1 Å². The molecule has 1 fully saturated rings. The van der Waals surface area contributed by atoms with Crippen molar-refractivity contribution in [2.75, 3.05) is 0 Å². The van der Waals surface area contributed by atoms with Crippen molar-refractivity contribution in [1.29, 1.82) is 0 Å². The predicted octanol–water partition coefficient (Wildman–Crippen LogP) is 2.41. The zero-order valence-electron chi connectivity index (χ0n) is 7.37. The van der Waals surface area contributed by atoms with Gasteiger partial charge in [0.1, 0.15) is 0 Å². The molecule has 1 aliphatic rings.